The highest BCUT2D eigenvalue weighted by Crippen LogP contribution is 2.38. The minimum absolute atomic E-state index is 0.0157. The van der Waals surface area contributed by atoms with Crippen molar-refractivity contribution in [3.8, 4) is 11.5 Å². The molecule has 0 bridgehead atoms. The molecule has 0 N–H and O–H groups in total. The number of hydrogen-bond donors (Lipinski definition) is 0. The van der Waals surface area contributed by atoms with E-state index in [9.17, 15) is 4.79 Å². The molecule has 0 aliphatic rings. The molecular formula is C32H45Cl2NO3. The fourth-order valence-electron chi connectivity index (χ4n) is 4.13. The third-order valence-electron chi connectivity index (χ3n) is 7.60. The van der Waals surface area contributed by atoms with Gasteiger partial charge in [0.05, 0.1) is 13.7 Å². The van der Waals surface area contributed by atoms with Gasteiger partial charge < -0.3 is 14.4 Å². The van der Waals surface area contributed by atoms with E-state index in [0.717, 1.165) is 42.7 Å². The summed E-state index contributed by atoms with van der Waals surface area (Å²) in [5.74, 6) is 1.44. The first-order valence-electron chi connectivity index (χ1n) is 13.6. The van der Waals surface area contributed by atoms with E-state index in [1.165, 1.54) is 11.1 Å². The van der Waals surface area contributed by atoms with Gasteiger partial charge in [-0.15, -0.1) is 0 Å². The largest absolute Gasteiger partial charge is 0.496 e. The summed E-state index contributed by atoms with van der Waals surface area (Å²) in [6, 6.07) is 14.4. The van der Waals surface area contributed by atoms with Crippen molar-refractivity contribution in [3.05, 3.63) is 65.2 Å². The first kappa shape index (κ1) is 32.0. The molecule has 38 heavy (non-hydrogen) atoms. The van der Waals surface area contributed by atoms with Crippen molar-refractivity contribution in [1.29, 1.82) is 0 Å². The first-order valence-corrected chi connectivity index (χ1v) is 14.5. The van der Waals surface area contributed by atoms with E-state index in [-0.39, 0.29) is 16.7 Å². The number of amides is 1. The summed E-state index contributed by atoms with van der Waals surface area (Å²) in [6.07, 6.45) is 7.57. The number of nitrogens with zero attached hydrogens (tertiary/aromatic N) is 1. The molecule has 0 aliphatic carbocycles. The zero-order valence-electron chi connectivity index (χ0n) is 24.2. The molecular weight excluding hydrogens is 517 g/mol. The van der Waals surface area contributed by atoms with Crippen LogP contribution in [0.5, 0.6) is 11.5 Å². The van der Waals surface area contributed by atoms with Crippen LogP contribution in [0.15, 0.2) is 48.5 Å². The predicted octanol–water partition coefficient (Wildman–Crippen LogP) is 8.58. The van der Waals surface area contributed by atoms with Crippen LogP contribution in [0.2, 0.25) is 0 Å². The second-order valence-corrected chi connectivity index (χ2v) is 12.1. The quantitative estimate of drug-likeness (QED) is 0.161. The van der Waals surface area contributed by atoms with Gasteiger partial charge in [-0.1, -0.05) is 107 Å². The standard InChI is InChI=1S/C32H45Cl2NO3/c1-8-31(3,4)25-18-19-28(26(23-25)32(5,6)9-2)38-22-13-12-20-35(30(36)29(33)34)21-14-16-24-15-10-11-17-27(24)37-7/h10-11,14-19,23,29H,8-9,12-13,20-22H2,1-7H3/b16-14+. The monoisotopic (exact) mass is 561 g/mol. The number of halogens is 2. The summed E-state index contributed by atoms with van der Waals surface area (Å²) in [6.45, 7) is 15.1. The van der Waals surface area contributed by atoms with E-state index in [2.05, 4.69) is 59.7 Å². The number of carbonyl (C=O) groups is 1. The first-order chi connectivity index (χ1) is 18.0. The lowest BCUT2D eigenvalue weighted by Gasteiger charge is -2.30. The topological polar surface area (TPSA) is 38.8 Å². The molecule has 2 aromatic rings. The van der Waals surface area contributed by atoms with Crippen molar-refractivity contribution >= 4 is 35.2 Å². The summed E-state index contributed by atoms with van der Waals surface area (Å²) in [7, 11) is 1.64. The Hall–Kier alpha value is -2.17. The van der Waals surface area contributed by atoms with Gasteiger partial charge in [-0.3, -0.25) is 4.79 Å². The van der Waals surface area contributed by atoms with Crippen molar-refractivity contribution in [2.45, 2.75) is 82.9 Å². The van der Waals surface area contributed by atoms with Gasteiger partial charge in [0, 0.05) is 24.2 Å². The van der Waals surface area contributed by atoms with Gasteiger partial charge in [0.2, 0.25) is 0 Å². The zero-order chi connectivity index (χ0) is 28.3. The maximum atomic E-state index is 12.6. The molecule has 6 heteroatoms. The van der Waals surface area contributed by atoms with Crippen LogP contribution in [-0.2, 0) is 15.6 Å². The number of alkyl halides is 2. The van der Waals surface area contributed by atoms with Crippen LogP contribution in [0.25, 0.3) is 6.08 Å². The van der Waals surface area contributed by atoms with Gasteiger partial charge in [-0.25, -0.2) is 0 Å². The average molecular weight is 563 g/mol. The molecule has 0 aromatic heterocycles. The molecule has 1 amide bonds. The van der Waals surface area contributed by atoms with Crippen molar-refractivity contribution in [2.24, 2.45) is 0 Å². The maximum absolute atomic E-state index is 12.6. The fraction of sp³-hybridized carbons (Fsp3) is 0.531. The number of methoxy groups -OCH3 is 1. The Morgan fingerprint density at radius 1 is 0.974 bits per heavy atom. The van der Waals surface area contributed by atoms with Crippen LogP contribution in [-0.4, -0.2) is 42.4 Å². The average Bonchev–Trinajstić information content (AvgIpc) is 2.91. The Morgan fingerprint density at radius 3 is 2.29 bits per heavy atom. The Bertz CT molecular complexity index is 1060. The lowest BCUT2D eigenvalue weighted by atomic mass is 9.76. The molecule has 0 unspecified atom stereocenters. The number of para-hydroxylation sites is 1. The van der Waals surface area contributed by atoms with Crippen LogP contribution in [0.4, 0.5) is 0 Å². The van der Waals surface area contributed by atoms with Crippen molar-refractivity contribution in [2.75, 3.05) is 26.8 Å². The molecule has 2 aromatic carbocycles. The molecule has 0 radical (unpaired) electrons. The molecule has 0 aliphatic heterocycles. The predicted molar refractivity (Wildman–Crippen MR) is 162 cm³/mol. The van der Waals surface area contributed by atoms with Crippen LogP contribution in [0.1, 0.15) is 83.9 Å². The van der Waals surface area contributed by atoms with E-state index in [1.807, 2.05) is 36.4 Å². The van der Waals surface area contributed by atoms with Gasteiger partial charge in [0.25, 0.3) is 5.91 Å². The molecule has 0 saturated heterocycles. The molecule has 4 nitrogen and oxygen atoms in total. The van der Waals surface area contributed by atoms with E-state index in [4.69, 9.17) is 32.7 Å². The van der Waals surface area contributed by atoms with Gasteiger partial charge in [-0.2, -0.15) is 0 Å². The zero-order valence-corrected chi connectivity index (χ0v) is 25.7. The number of hydrogen-bond acceptors (Lipinski definition) is 3. The van der Waals surface area contributed by atoms with Gasteiger partial charge >= 0.3 is 0 Å². The van der Waals surface area contributed by atoms with Crippen LogP contribution >= 0.6 is 23.2 Å². The Labute approximate surface area is 240 Å². The number of rotatable bonds is 15. The summed E-state index contributed by atoms with van der Waals surface area (Å²) in [4.78, 5) is 13.2. The van der Waals surface area contributed by atoms with Crippen molar-refractivity contribution in [1.82, 2.24) is 4.90 Å². The lowest BCUT2D eigenvalue weighted by molar-refractivity contribution is -0.128. The van der Waals surface area contributed by atoms with Crippen molar-refractivity contribution in [3.63, 3.8) is 0 Å². The third-order valence-corrected chi connectivity index (χ3v) is 7.97. The van der Waals surface area contributed by atoms with Gasteiger partial charge in [0.1, 0.15) is 11.5 Å². The lowest BCUT2D eigenvalue weighted by Crippen LogP contribution is -2.36. The maximum Gasteiger partial charge on any atom is 0.256 e. The van der Waals surface area contributed by atoms with E-state index in [0.29, 0.717) is 19.7 Å². The summed E-state index contributed by atoms with van der Waals surface area (Å²) >= 11 is 11.8. The van der Waals surface area contributed by atoms with E-state index >= 15 is 0 Å². The molecule has 0 heterocycles. The minimum atomic E-state index is -1.09. The summed E-state index contributed by atoms with van der Waals surface area (Å²) in [5, 5.41) is 0. The Kier molecular flexibility index (Phi) is 12.5. The highest BCUT2D eigenvalue weighted by atomic mass is 35.5. The highest BCUT2D eigenvalue weighted by Gasteiger charge is 2.26. The fourth-order valence-corrected chi connectivity index (χ4v) is 4.40. The number of unbranched alkanes of at least 4 members (excludes halogenated alkanes) is 1. The molecule has 210 valence electrons. The van der Waals surface area contributed by atoms with Gasteiger partial charge in [-0.05, 0) is 54.2 Å². The molecule has 0 spiro atoms. The SMILES string of the molecule is CCC(C)(C)c1ccc(OCCCCN(C/C=C/c2ccccc2OC)C(=O)C(Cl)Cl)c(C(C)(C)CC)c1. The second-order valence-electron chi connectivity index (χ2n) is 11.0. The molecule has 0 fully saturated rings. The van der Waals surface area contributed by atoms with Crippen LogP contribution in [0, 0.1) is 0 Å². The summed E-state index contributed by atoms with van der Waals surface area (Å²) < 4.78 is 11.7. The number of ether oxygens (including phenoxy) is 2. The highest BCUT2D eigenvalue weighted by molar-refractivity contribution is 6.53. The van der Waals surface area contributed by atoms with Crippen molar-refractivity contribution < 1.29 is 14.3 Å². The Balaban J connectivity index is 2.02. The minimum Gasteiger partial charge on any atom is -0.496 e. The van der Waals surface area contributed by atoms with E-state index in [1.54, 1.807) is 12.0 Å². The number of carbonyl (C=O) groups excluding carboxylic acids is 1. The normalized spacial score (nSPS) is 12.3. The van der Waals surface area contributed by atoms with Gasteiger partial charge in [0.15, 0.2) is 4.84 Å². The summed E-state index contributed by atoms with van der Waals surface area (Å²) in [5.41, 5.74) is 3.68. The molecule has 0 atom stereocenters. The number of benzene rings is 2. The second kappa shape index (κ2) is 14.8. The third kappa shape index (κ3) is 8.95. The smallest absolute Gasteiger partial charge is 0.256 e. The van der Waals surface area contributed by atoms with E-state index < -0.39 is 4.84 Å². The Morgan fingerprint density at radius 2 is 1.66 bits per heavy atom. The van der Waals surface area contributed by atoms with Crippen LogP contribution < -0.4 is 9.47 Å². The van der Waals surface area contributed by atoms with Crippen LogP contribution in [0.3, 0.4) is 0 Å². The molecule has 0 saturated carbocycles. The molecule has 2 rings (SSSR count).